The molecule has 0 amide bonds. The van der Waals surface area contributed by atoms with E-state index in [1.54, 1.807) is 0 Å². The molecule has 10 atom stereocenters. The van der Waals surface area contributed by atoms with Gasteiger partial charge in [-0.05, 0) is 24.6 Å². The maximum atomic E-state index is 13.1. The van der Waals surface area contributed by atoms with Gasteiger partial charge in [-0.1, -0.05) is 12.1 Å². The molecule has 1 aromatic heterocycles. The van der Waals surface area contributed by atoms with Gasteiger partial charge in [-0.25, -0.2) is 0 Å². The van der Waals surface area contributed by atoms with Crippen molar-refractivity contribution >= 4 is 11.0 Å². The summed E-state index contributed by atoms with van der Waals surface area (Å²) in [6.45, 7) is 0.621. The zero-order valence-electron chi connectivity index (χ0n) is 21.9. The molecule has 2 fully saturated rings. The van der Waals surface area contributed by atoms with Crippen molar-refractivity contribution in [2.75, 3.05) is 6.61 Å². The standard InChI is InChI=1S/C27H30O15/c1-9-17(30)21(34)23(36)26(39-9)42-25-15(7-28)41-27(24(37)22(25)35)40-14-6-13-16(20(33)19(14)32)18(31)12(8-38-13)10-2-4-11(29)5-3-10/h2-6,8-9,15,17,21-30,32-37H,7H2,1H3/t9-,15+,17-,21+,22+,23+,24+,25+,26-,27+/m0/s1. The minimum Gasteiger partial charge on any atom is -0.508 e. The van der Waals surface area contributed by atoms with Crippen LogP contribution in [-0.2, 0) is 14.2 Å². The summed E-state index contributed by atoms with van der Waals surface area (Å²) >= 11 is 0. The molecule has 0 spiro atoms. The molecule has 2 aliphatic heterocycles. The largest absolute Gasteiger partial charge is 0.508 e. The van der Waals surface area contributed by atoms with Crippen LogP contribution >= 0.6 is 0 Å². The van der Waals surface area contributed by atoms with Crippen LogP contribution in [0.25, 0.3) is 22.1 Å². The normalized spacial score (nSPS) is 33.5. The summed E-state index contributed by atoms with van der Waals surface area (Å²) in [6.07, 6.45) is -14.6. The van der Waals surface area contributed by atoms with Gasteiger partial charge in [-0.15, -0.1) is 0 Å². The lowest BCUT2D eigenvalue weighted by Crippen LogP contribution is -2.64. The highest BCUT2D eigenvalue weighted by Crippen LogP contribution is 2.42. The van der Waals surface area contributed by atoms with Crippen molar-refractivity contribution in [1.29, 1.82) is 0 Å². The molecule has 2 saturated heterocycles. The summed E-state index contributed by atoms with van der Waals surface area (Å²) in [4.78, 5) is 13.1. The van der Waals surface area contributed by atoms with Crippen LogP contribution in [0, 0.1) is 0 Å². The van der Waals surface area contributed by atoms with Gasteiger partial charge in [-0.2, -0.15) is 0 Å². The van der Waals surface area contributed by atoms with Crippen LogP contribution in [0.2, 0.25) is 0 Å². The Morgan fingerprint density at radius 1 is 0.833 bits per heavy atom. The molecule has 0 aliphatic carbocycles. The lowest BCUT2D eigenvalue weighted by atomic mass is 9.97. The monoisotopic (exact) mass is 594 g/mol. The van der Waals surface area contributed by atoms with E-state index in [-0.39, 0.29) is 22.3 Å². The second kappa shape index (κ2) is 11.6. The molecule has 2 aromatic carbocycles. The quantitative estimate of drug-likeness (QED) is 0.149. The van der Waals surface area contributed by atoms with Crippen LogP contribution in [0.1, 0.15) is 6.92 Å². The first-order valence-corrected chi connectivity index (χ1v) is 12.9. The Hall–Kier alpha value is -3.51. The van der Waals surface area contributed by atoms with Crippen molar-refractivity contribution in [1.82, 2.24) is 0 Å². The fourth-order valence-electron chi connectivity index (χ4n) is 4.89. The number of aliphatic hydroxyl groups is 6. The zero-order valence-corrected chi connectivity index (χ0v) is 21.9. The van der Waals surface area contributed by atoms with Crippen LogP contribution in [-0.4, -0.2) is 114 Å². The number of hydrogen-bond donors (Lipinski definition) is 9. The fourth-order valence-corrected chi connectivity index (χ4v) is 4.89. The van der Waals surface area contributed by atoms with E-state index in [4.69, 9.17) is 23.4 Å². The summed E-state index contributed by atoms with van der Waals surface area (Å²) < 4.78 is 27.4. The highest BCUT2D eigenvalue weighted by Gasteiger charge is 2.50. The molecule has 0 saturated carbocycles. The molecule has 228 valence electrons. The molecule has 3 heterocycles. The predicted molar refractivity (Wildman–Crippen MR) is 139 cm³/mol. The highest BCUT2D eigenvalue weighted by molar-refractivity contribution is 5.91. The lowest BCUT2D eigenvalue weighted by Gasteiger charge is -2.45. The number of benzene rings is 2. The molecule has 15 heteroatoms. The molecule has 0 bridgehead atoms. The number of hydrogen-bond acceptors (Lipinski definition) is 15. The van der Waals surface area contributed by atoms with Crippen molar-refractivity contribution < 1.29 is 69.3 Å². The van der Waals surface area contributed by atoms with E-state index < -0.39 is 90.7 Å². The van der Waals surface area contributed by atoms with Gasteiger partial charge in [0.15, 0.2) is 17.8 Å². The number of phenols is 3. The summed E-state index contributed by atoms with van der Waals surface area (Å²) in [5.74, 6) is -2.36. The van der Waals surface area contributed by atoms with Crippen LogP contribution in [0.5, 0.6) is 23.0 Å². The van der Waals surface area contributed by atoms with E-state index >= 15 is 0 Å². The van der Waals surface area contributed by atoms with E-state index in [2.05, 4.69) is 0 Å². The molecule has 2 aliphatic rings. The highest BCUT2D eigenvalue weighted by atomic mass is 16.7. The van der Waals surface area contributed by atoms with Gasteiger partial charge in [0, 0.05) is 6.07 Å². The molecule has 0 radical (unpaired) electrons. The lowest BCUT2D eigenvalue weighted by molar-refractivity contribution is -0.349. The summed E-state index contributed by atoms with van der Waals surface area (Å²) in [5.41, 5.74) is -0.518. The minimum atomic E-state index is -1.90. The van der Waals surface area contributed by atoms with Crippen molar-refractivity contribution in [3.63, 3.8) is 0 Å². The van der Waals surface area contributed by atoms with Gasteiger partial charge in [0.2, 0.25) is 17.5 Å². The van der Waals surface area contributed by atoms with Gasteiger partial charge >= 0.3 is 0 Å². The number of rotatable bonds is 6. The first-order valence-electron chi connectivity index (χ1n) is 12.9. The van der Waals surface area contributed by atoms with E-state index in [0.29, 0.717) is 5.56 Å². The molecule has 9 N–H and O–H groups in total. The Kier molecular flexibility index (Phi) is 8.30. The third-order valence-corrected chi connectivity index (χ3v) is 7.32. The Labute approximate surface area is 236 Å². The van der Waals surface area contributed by atoms with Gasteiger partial charge in [0.05, 0.1) is 18.3 Å². The summed E-state index contributed by atoms with van der Waals surface area (Å²) in [5, 5.41) is 92.0. The van der Waals surface area contributed by atoms with Crippen molar-refractivity contribution in [2.45, 2.75) is 68.3 Å². The van der Waals surface area contributed by atoms with E-state index in [9.17, 15) is 50.8 Å². The predicted octanol–water partition coefficient (Wildman–Crippen LogP) is -1.39. The van der Waals surface area contributed by atoms with Crippen molar-refractivity contribution in [3.05, 3.63) is 46.8 Å². The number of ether oxygens (including phenoxy) is 4. The second-order valence-corrected chi connectivity index (χ2v) is 10.1. The van der Waals surface area contributed by atoms with Gasteiger partial charge in [-0.3, -0.25) is 4.79 Å². The average Bonchev–Trinajstić information content (AvgIpc) is 2.97. The van der Waals surface area contributed by atoms with Crippen LogP contribution in [0.3, 0.4) is 0 Å². The number of aliphatic hydroxyl groups excluding tert-OH is 6. The third kappa shape index (κ3) is 5.26. The van der Waals surface area contributed by atoms with Crippen LogP contribution < -0.4 is 10.2 Å². The first-order chi connectivity index (χ1) is 19.9. The smallest absolute Gasteiger partial charge is 0.229 e. The van der Waals surface area contributed by atoms with Gasteiger partial charge in [0.25, 0.3) is 0 Å². The Morgan fingerprint density at radius 2 is 1.50 bits per heavy atom. The van der Waals surface area contributed by atoms with E-state index in [1.165, 1.54) is 31.2 Å². The first kappa shape index (κ1) is 30.0. The average molecular weight is 595 g/mol. The van der Waals surface area contributed by atoms with Crippen LogP contribution in [0.4, 0.5) is 0 Å². The van der Waals surface area contributed by atoms with Crippen molar-refractivity contribution in [2.24, 2.45) is 0 Å². The number of aromatic hydroxyl groups is 3. The molecular formula is C27H30O15. The van der Waals surface area contributed by atoms with Crippen molar-refractivity contribution in [3.8, 4) is 34.1 Å². The summed E-state index contributed by atoms with van der Waals surface area (Å²) in [6, 6.07) is 6.66. The number of phenolic OH excluding ortho intramolecular Hbond substituents is 3. The van der Waals surface area contributed by atoms with E-state index in [0.717, 1.165) is 12.3 Å². The Bertz CT molecular complexity index is 1470. The minimum absolute atomic E-state index is 0.0281. The molecule has 42 heavy (non-hydrogen) atoms. The Balaban J connectivity index is 1.38. The molecule has 5 rings (SSSR count). The topological polar surface area (TPSA) is 249 Å². The van der Waals surface area contributed by atoms with Gasteiger partial charge < -0.3 is 69.3 Å². The molecule has 3 aromatic rings. The molecule has 0 unspecified atom stereocenters. The number of fused-ring (bicyclic) bond motifs is 1. The molecular weight excluding hydrogens is 564 g/mol. The van der Waals surface area contributed by atoms with E-state index in [1.807, 2.05) is 0 Å². The Morgan fingerprint density at radius 3 is 2.17 bits per heavy atom. The maximum Gasteiger partial charge on any atom is 0.229 e. The maximum absolute atomic E-state index is 13.1. The van der Waals surface area contributed by atoms with Crippen LogP contribution in [0.15, 0.2) is 45.8 Å². The van der Waals surface area contributed by atoms with Gasteiger partial charge in [0.1, 0.15) is 65.7 Å². The SMILES string of the molecule is C[C@@H]1O[C@@H](O[C@H]2[C@H](O)[C@@H](O)[C@H](Oc3cc4occ(-c5ccc(O)cc5)c(=O)c4c(O)c3O)O[C@@H]2CO)[C@H](O)[C@H](O)[C@H]1O. The summed E-state index contributed by atoms with van der Waals surface area (Å²) in [7, 11) is 0. The third-order valence-electron chi connectivity index (χ3n) is 7.32. The second-order valence-electron chi connectivity index (χ2n) is 10.1. The zero-order chi connectivity index (χ0) is 30.5. The molecule has 15 nitrogen and oxygen atoms in total. The fraction of sp³-hybridized carbons (Fsp3) is 0.444.